The third-order valence-corrected chi connectivity index (χ3v) is 4.07. The summed E-state index contributed by atoms with van der Waals surface area (Å²) in [6.07, 6.45) is 2.16. The molecule has 0 spiro atoms. The number of pyridine rings is 1. The molecule has 1 aromatic carbocycles. The summed E-state index contributed by atoms with van der Waals surface area (Å²) in [5, 5.41) is 0. The van der Waals surface area contributed by atoms with Crippen LogP contribution in [0.4, 0.5) is 4.79 Å². The van der Waals surface area contributed by atoms with Crippen molar-refractivity contribution in [3.8, 4) is 11.5 Å². The van der Waals surface area contributed by atoms with E-state index in [0.29, 0.717) is 13.0 Å². The van der Waals surface area contributed by atoms with Crippen molar-refractivity contribution in [1.29, 1.82) is 0 Å². The van der Waals surface area contributed by atoms with Gasteiger partial charge in [-0.05, 0) is 39.0 Å². The normalized spacial score (nSPS) is 16.1. The lowest BCUT2D eigenvalue weighted by molar-refractivity contribution is 0.0288. The number of likely N-dealkylation sites (N-methyl/N-ethyl adjacent to an activating group) is 1. The van der Waals surface area contributed by atoms with Gasteiger partial charge in [0.25, 0.3) is 0 Å². The quantitative estimate of drug-likeness (QED) is 0.814. The lowest BCUT2D eigenvalue weighted by Crippen LogP contribution is -2.36. The van der Waals surface area contributed by atoms with Crippen LogP contribution in [-0.2, 0) is 11.2 Å². The Hall–Kier alpha value is -2.56. The maximum atomic E-state index is 12.3. The number of nitrogens with zero attached hydrogens (tertiary/aromatic N) is 2. The van der Waals surface area contributed by atoms with Crippen LogP contribution in [0.2, 0.25) is 0 Å². The molecule has 1 aromatic heterocycles. The fraction of sp³-hybridized carbons (Fsp3) is 0.400. The molecular weight excluding hydrogens is 316 g/mol. The first-order chi connectivity index (χ1) is 11.8. The van der Waals surface area contributed by atoms with Crippen molar-refractivity contribution in [3.05, 3.63) is 53.9 Å². The van der Waals surface area contributed by atoms with Gasteiger partial charge in [0.1, 0.15) is 17.1 Å². The van der Waals surface area contributed by atoms with Crippen LogP contribution in [-0.4, -0.2) is 35.2 Å². The molecule has 2 heterocycles. The average Bonchev–Trinajstić information content (AvgIpc) is 2.69. The zero-order valence-electron chi connectivity index (χ0n) is 15.2. The number of ether oxygens (including phenoxy) is 2. The zero-order chi connectivity index (χ0) is 18.0. The smallest absolute Gasteiger partial charge is 0.410 e. The second kappa shape index (κ2) is 6.75. The van der Waals surface area contributed by atoms with Crippen LogP contribution in [0.5, 0.6) is 11.5 Å². The molecule has 0 fully saturated rings. The number of hydrogen-bond acceptors (Lipinski definition) is 4. The molecule has 5 heteroatoms. The first kappa shape index (κ1) is 17.3. The second-order valence-electron chi connectivity index (χ2n) is 7.35. The van der Waals surface area contributed by atoms with Gasteiger partial charge in [0.05, 0.1) is 5.69 Å². The van der Waals surface area contributed by atoms with E-state index >= 15 is 0 Å². The number of rotatable bonds is 2. The van der Waals surface area contributed by atoms with Crippen molar-refractivity contribution < 1.29 is 14.3 Å². The predicted molar refractivity (Wildman–Crippen MR) is 96.1 cm³/mol. The maximum absolute atomic E-state index is 12.3. The van der Waals surface area contributed by atoms with Gasteiger partial charge in [-0.3, -0.25) is 4.98 Å². The Labute approximate surface area is 148 Å². The van der Waals surface area contributed by atoms with Crippen LogP contribution < -0.4 is 4.74 Å². The standard InChI is InChI=1S/C20H24N2O3/c1-20(2,3)25-19(23)22(4)13-14-12-16-18(10-7-11-21-16)24-17-9-6-5-8-15(14)17/h5-11,14H,12-13H2,1-4H3/t14-/m1/s1. The molecule has 0 unspecified atom stereocenters. The topological polar surface area (TPSA) is 51.7 Å². The molecule has 25 heavy (non-hydrogen) atoms. The van der Waals surface area contributed by atoms with Crippen LogP contribution in [0.25, 0.3) is 0 Å². The van der Waals surface area contributed by atoms with Crippen LogP contribution in [0.1, 0.15) is 37.9 Å². The van der Waals surface area contributed by atoms with Gasteiger partial charge in [0.2, 0.25) is 0 Å². The Morgan fingerprint density at radius 2 is 1.96 bits per heavy atom. The zero-order valence-corrected chi connectivity index (χ0v) is 15.2. The van der Waals surface area contributed by atoms with E-state index in [1.165, 1.54) is 0 Å². The Kier molecular flexibility index (Phi) is 4.66. The Morgan fingerprint density at radius 1 is 1.24 bits per heavy atom. The molecule has 0 saturated heterocycles. The molecule has 0 radical (unpaired) electrons. The van der Waals surface area contributed by atoms with Crippen LogP contribution in [0, 0.1) is 0 Å². The molecule has 1 aliphatic rings. The van der Waals surface area contributed by atoms with E-state index in [-0.39, 0.29) is 12.0 Å². The molecule has 1 aliphatic heterocycles. The minimum absolute atomic E-state index is 0.0878. The molecule has 3 rings (SSSR count). The summed E-state index contributed by atoms with van der Waals surface area (Å²) in [6.45, 7) is 6.14. The lowest BCUT2D eigenvalue weighted by atomic mass is 9.93. The van der Waals surface area contributed by atoms with E-state index in [9.17, 15) is 4.79 Å². The third kappa shape index (κ3) is 4.10. The number of fused-ring (bicyclic) bond motifs is 2. The fourth-order valence-electron chi connectivity index (χ4n) is 2.95. The monoisotopic (exact) mass is 340 g/mol. The van der Waals surface area contributed by atoms with Crippen molar-refractivity contribution in [2.75, 3.05) is 13.6 Å². The molecule has 2 aromatic rings. The van der Waals surface area contributed by atoms with E-state index in [2.05, 4.69) is 11.1 Å². The van der Waals surface area contributed by atoms with Gasteiger partial charge in [0, 0.05) is 37.7 Å². The molecule has 0 saturated carbocycles. The average molecular weight is 340 g/mol. The van der Waals surface area contributed by atoms with Gasteiger partial charge in [-0.25, -0.2) is 4.79 Å². The predicted octanol–water partition coefficient (Wildman–Crippen LogP) is 4.38. The number of amides is 1. The molecule has 0 aliphatic carbocycles. The van der Waals surface area contributed by atoms with Crippen LogP contribution in [0.3, 0.4) is 0 Å². The summed E-state index contributed by atoms with van der Waals surface area (Å²) >= 11 is 0. The lowest BCUT2D eigenvalue weighted by Gasteiger charge is -2.27. The molecule has 0 N–H and O–H groups in total. The van der Waals surface area contributed by atoms with Gasteiger partial charge >= 0.3 is 6.09 Å². The molecule has 132 valence electrons. The van der Waals surface area contributed by atoms with Crippen molar-refractivity contribution in [1.82, 2.24) is 9.88 Å². The summed E-state index contributed by atoms with van der Waals surface area (Å²) in [5.74, 6) is 1.68. The fourth-order valence-corrected chi connectivity index (χ4v) is 2.95. The first-order valence-electron chi connectivity index (χ1n) is 8.48. The van der Waals surface area contributed by atoms with Crippen molar-refractivity contribution >= 4 is 6.09 Å². The summed E-state index contributed by atoms with van der Waals surface area (Å²) < 4.78 is 11.5. The van der Waals surface area contributed by atoms with Gasteiger partial charge in [-0.2, -0.15) is 0 Å². The molecule has 5 nitrogen and oxygen atoms in total. The third-order valence-electron chi connectivity index (χ3n) is 4.07. The highest BCUT2D eigenvalue weighted by Crippen LogP contribution is 2.38. The van der Waals surface area contributed by atoms with Crippen molar-refractivity contribution in [2.45, 2.75) is 38.7 Å². The highest BCUT2D eigenvalue weighted by molar-refractivity contribution is 5.68. The maximum Gasteiger partial charge on any atom is 0.410 e. The van der Waals surface area contributed by atoms with E-state index in [1.807, 2.05) is 51.1 Å². The molecule has 0 bridgehead atoms. The summed E-state index contributed by atoms with van der Waals surface area (Å²) in [4.78, 5) is 18.4. The van der Waals surface area contributed by atoms with Gasteiger partial charge in [-0.1, -0.05) is 18.2 Å². The number of carbonyl (C=O) groups is 1. The van der Waals surface area contributed by atoms with Crippen molar-refractivity contribution in [2.24, 2.45) is 0 Å². The highest BCUT2D eigenvalue weighted by Gasteiger charge is 2.28. The van der Waals surface area contributed by atoms with E-state index in [4.69, 9.17) is 9.47 Å². The van der Waals surface area contributed by atoms with Crippen LogP contribution in [0.15, 0.2) is 42.6 Å². The van der Waals surface area contributed by atoms with Gasteiger partial charge < -0.3 is 14.4 Å². The molecule has 1 atom stereocenters. The number of carbonyl (C=O) groups excluding carboxylic acids is 1. The summed E-state index contributed by atoms with van der Waals surface area (Å²) in [7, 11) is 1.77. The Morgan fingerprint density at radius 3 is 2.72 bits per heavy atom. The molecule has 1 amide bonds. The minimum Gasteiger partial charge on any atom is -0.455 e. The largest absolute Gasteiger partial charge is 0.455 e. The van der Waals surface area contributed by atoms with E-state index in [0.717, 1.165) is 22.8 Å². The van der Waals surface area contributed by atoms with Gasteiger partial charge in [0.15, 0.2) is 0 Å². The molecular formula is C20H24N2O3. The highest BCUT2D eigenvalue weighted by atomic mass is 16.6. The summed E-state index contributed by atoms with van der Waals surface area (Å²) in [6, 6.07) is 11.8. The van der Waals surface area contributed by atoms with E-state index < -0.39 is 5.60 Å². The van der Waals surface area contributed by atoms with Crippen LogP contribution >= 0.6 is 0 Å². The number of para-hydroxylation sites is 1. The SMILES string of the molecule is CN(C[C@H]1Cc2ncccc2Oc2ccccc21)C(=O)OC(C)(C)C. The van der Waals surface area contributed by atoms with Crippen molar-refractivity contribution in [3.63, 3.8) is 0 Å². The number of aromatic nitrogens is 1. The second-order valence-corrected chi connectivity index (χ2v) is 7.35. The Balaban J connectivity index is 1.86. The minimum atomic E-state index is -0.510. The van der Waals surface area contributed by atoms with Gasteiger partial charge in [-0.15, -0.1) is 0 Å². The first-order valence-corrected chi connectivity index (χ1v) is 8.48. The number of hydrogen-bond donors (Lipinski definition) is 0. The van der Waals surface area contributed by atoms with E-state index in [1.54, 1.807) is 18.1 Å². The summed E-state index contributed by atoms with van der Waals surface area (Å²) in [5.41, 5.74) is 1.47. The Bertz CT molecular complexity index is 768. The number of benzene rings is 1.